The molecule has 0 aromatic carbocycles. The number of carbonyl (C=O) groups is 1. The third-order valence-corrected chi connectivity index (χ3v) is 1.84. The summed E-state index contributed by atoms with van der Waals surface area (Å²) in [5, 5.41) is 2.81. The molecule has 0 aromatic rings. The number of nitrogens with one attached hydrogen (secondary N) is 1. The first-order valence-electron chi connectivity index (χ1n) is 4.69. The first-order valence-corrected chi connectivity index (χ1v) is 4.69. The maximum absolute atomic E-state index is 11.2. The van der Waals surface area contributed by atoms with Gasteiger partial charge in [-0.15, -0.1) is 0 Å². The Labute approximate surface area is 79.8 Å². The van der Waals surface area contributed by atoms with Crippen LogP contribution >= 0.6 is 0 Å². The van der Waals surface area contributed by atoms with Crippen LogP contribution in [0.5, 0.6) is 0 Å². The predicted molar refractivity (Wildman–Crippen MR) is 52.3 cm³/mol. The van der Waals surface area contributed by atoms with Crippen LogP contribution in [0.1, 0.15) is 20.8 Å². The van der Waals surface area contributed by atoms with Crippen LogP contribution < -0.4 is 11.1 Å². The van der Waals surface area contributed by atoms with Gasteiger partial charge in [0.05, 0.1) is 0 Å². The lowest BCUT2D eigenvalue weighted by Gasteiger charge is -2.20. The number of carbonyl (C=O) groups excluding carboxylic acids is 1. The molecule has 4 nitrogen and oxygen atoms in total. The van der Waals surface area contributed by atoms with Crippen molar-refractivity contribution in [2.24, 2.45) is 11.7 Å². The van der Waals surface area contributed by atoms with Gasteiger partial charge in [0, 0.05) is 19.2 Å². The summed E-state index contributed by atoms with van der Waals surface area (Å²) in [5.41, 5.74) is 5.50. The summed E-state index contributed by atoms with van der Waals surface area (Å²) in [4.78, 5) is 11.2. The number of hydrogen-bond donors (Lipinski definition) is 2. The Kier molecular flexibility index (Phi) is 6.54. The molecule has 13 heavy (non-hydrogen) atoms. The van der Waals surface area contributed by atoms with Gasteiger partial charge in [-0.05, 0) is 12.8 Å². The monoisotopic (exact) mass is 188 g/mol. The van der Waals surface area contributed by atoms with E-state index in [1.165, 1.54) is 0 Å². The second-order valence-corrected chi connectivity index (χ2v) is 3.29. The maximum atomic E-state index is 11.2. The zero-order valence-electron chi connectivity index (χ0n) is 8.67. The molecule has 0 rings (SSSR count). The molecule has 3 N–H and O–H groups in total. The average Bonchev–Trinajstić information content (AvgIpc) is 2.10. The zero-order chi connectivity index (χ0) is 10.3. The summed E-state index contributed by atoms with van der Waals surface area (Å²) in [6.07, 6.45) is 0. The molecule has 0 aromatic heterocycles. The fourth-order valence-corrected chi connectivity index (χ4v) is 0.941. The summed E-state index contributed by atoms with van der Waals surface area (Å²) >= 11 is 0. The first-order chi connectivity index (χ1) is 6.11. The van der Waals surface area contributed by atoms with Gasteiger partial charge in [0.15, 0.2) is 0 Å². The number of nitrogens with two attached hydrogens (primary N) is 1. The van der Waals surface area contributed by atoms with E-state index in [0.717, 1.165) is 0 Å². The Morgan fingerprint density at radius 2 is 2.15 bits per heavy atom. The lowest BCUT2D eigenvalue weighted by Crippen LogP contribution is -2.45. The van der Waals surface area contributed by atoms with Gasteiger partial charge in [-0.25, -0.2) is 0 Å². The van der Waals surface area contributed by atoms with Crippen molar-refractivity contribution < 1.29 is 9.53 Å². The Balaban J connectivity index is 3.73. The van der Waals surface area contributed by atoms with Gasteiger partial charge in [0.1, 0.15) is 6.61 Å². The normalized spacial score (nSPS) is 13.0. The highest BCUT2D eigenvalue weighted by Gasteiger charge is 2.13. The highest BCUT2D eigenvalue weighted by atomic mass is 16.5. The smallest absolute Gasteiger partial charge is 0.246 e. The fraction of sp³-hybridized carbons (Fsp3) is 0.889. The summed E-state index contributed by atoms with van der Waals surface area (Å²) in [7, 11) is 0. The standard InChI is InChI=1S/C9H20N2O2/c1-4-13-6-9(12)11-8(5-10)7(2)3/h7-8H,4-6,10H2,1-3H3,(H,11,12). The lowest BCUT2D eigenvalue weighted by atomic mass is 10.1. The minimum atomic E-state index is -0.0917. The number of rotatable bonds is 6. The third-order valence-electron chi connectivity index (χ3n) is 1.84. The highest BCUT2D eigenvalue weighted by Crippen LogP contribution is 1.98. The van der Waals surface area contributed by atoms with Crippen molar-refractivity contribution in [3.63, 3.8) is 0 Å². The highest BCUT2D eigenvalue weighted by molar-refractivity contribution is 5.77. The SMILES string of the molecule is CCOCC(=O)NC(CN)C(C)C. The predicted octanol–water partition coefficient (Wildman–Crippen LogP) is 0.122. The molecule has 0 spiro atoms. The van der Waals surface area contributed by atoms with E-state index in [0.29, 0.717) is 19.1 Å². The fourth-order valence-electron chi connectivity index (χ4n) is 0.941. The Morgan fingerprint density at radius 1 is 1.54 bits per heavy atom. The van der Waals surface area contributed by atoms with Crippen LogP contribution in [0.15, 0.2) is 0 Å². The van der Waals surface area contributed by atoms with Gasteiger partial charge in [0.2, 0.25) is 5.91 Å². The molecule has 0 aliphatic carbocycles. The molecule has 0 heterocycles. The van der Waals surface area contributed by atoms with Gasteiger partial charge in [-0.1, -0.05) is 13.8 Å². The second kappa shape index (κ2) is 6.86. The molecular weight excluding hydrogens is 168 g/mol. The molecular formula is C9H20N2O2. The van der Waals surface area contributed by atoms with Gasteiger partial charge in [-0.2, -0.15) is 0 Å². The van der Waals surface area contributed by atoms with Gasteiger partial charge >= 0.3 is 0 Å². The van der Waals surface area contributed by atoms with E-state index < -0.39 is 0 Å². The molecule has 1 amide bonds. The van der Waals surface area contributed by atoms with Crippen LogP contribution in [0.3, 0.4) is 0 Å². The molecule has 0 fully saturated rings. The van der Waals surface area contributed by atoms with Crippen molar-refractivity contribution in [3.05, 3.63) is 0 Å². The van der Waals surface area contributed by atoms with Crippen LogP contribution in [-0.4, -0.2) is 31.7 Å². The lowest BCUT2D eigenvalue weighted by molar-refractivity contribution is -0.126. The van der Waals surface area contributed by atoms with Crippen molar-refractivity contribution in [1.29, 1.82) is 0 Å². The van der Waals surface area contributed by atoms with Gasteiger partial charge in [-0.3, -0.25) is 4.79 Å². The molecule has 4 heteroatoms. The zero-order valence-corrected chi connectivity index (χ0v) is 8.67. The van der Waals surface area contributed by atoms with E-state index in [2.05, 4.69) is 5.32 Å². The largest absolute Gasteiger partial charge is 0.372 e. The van der Waals surface area contributed by atoms with Crippen molar-refractivity contribution in [2.75, 3.05) is 19.8 Å². The molecule has 0 saturated carbocycles. The molecule has 0 aliphatic rings. The molecule has 0 radical (unpaired) electrons. The van der Waals surface area contributed by atoms with Crippen LogP contribution in [0.2, 0.25) is 0 Å². The van der Waals surface area contributed by atoms with Crippen LogP contribution in [0, 0.1) is 5.92 Å². The van der Waals surface area contributed by atoms with Gasteiger partial charge < -0.3 is 15.8 Å². The van der Waals surface area contributed by atoms with Crippen molar-refractivity contribution in [3.8, 4) is 0 Å². The Morgan fingerprint density at radius 3 is 2.54 bits per heavy atom. The molecule has 78 valence electrons. The minimum absolute atomic E-state index is 0.0490. The summed E-state index contributed by atoms with van der Waals surface area (Å²) in [5.74, 6) is 0.265. The van der Waals surface area contributed by atoms with Crippen LogP contribution in [0.4, 0.5) is 0 Å². The minimum Gasteiger partial charge on any atom is -0.372 e. The number of hydrogen-bond acceptors (Lipinski definition) is 3. The summed E-state index contributed by atoms with van der Waals surface area (Å²) in [6.45, 7) is 7.06. The molecule has 0 bridgehead atoms. The van der Waals surface area contributed by atoms with Crippen LogP contribution in [-0.2, 0) is 9.53 Å². The molecule has 1 atom stereocenters. The van der Waals surface area contributed by atoms with E-state index in [-0.39, 0.29) is 18.6 Å². The van der Waals surface area contributed by atoms with Crippen molar-refractivity contribution in [1.82, 2.24) is 5.32 Å². The average molecular weight is 188 g/mol. The summed E-state index contributed by atoms with van der Waals surface area (Å²) in [6, 6.07) is 0.0490. The third kappa shape index (κ3) is 5.60. The summed E-state index contributed by atoms with van der Waals surface area (Å²) < 4.78 is 4.97. The van der Waals surface area contributed by atoms with Crippen molar-refractivity contribution >= 4 is 5.91 Å². The second-order valence-electron chi connectivity index (χ2n) is 3.29. The molecule has 0 saturated heterocycles. The van der Waals surface area contributed by atoms with Crippen LogP contribution in [0.25, 0.3) is 0 Å². The molecule has 0 aliphatic heterocycles. The van der Waals surface area contributed by atoms with E-state index in [9.17, 15) is 4.79 Å². The van der Waals surface area contributed by atoms with Crippen molar-refractivity contribution in [2.45, 2.75) is 26.8 Å². The topological polar surface area (TPSA) is 64.3 Å². The Hall–Kier alpha value is -0.610. The Bertz CT molecular complexity index is 149. The number of ether oxygens (including phenoxy) is 1. The number of amides is 1. The van der Waals surface area contributed by atoms with E-state index >= 15 is 0 Å². The van der Waals surface area contributed by atoms with E-state index in [1.807, 2.05) is 20.8 Å². The molecule has 1 unspecified atom stereocenters. The van der Waals surface area contributed by atoms with E-state index in [4.69, 9.17) is 10.5 Å². The van der Waals surface area contributed by atoms with Gasteiger partial charge in [0.25, 0.3) is 0 Å². The quantitative estimate of drug-likeness (QED) is 0.622. The first kappa shape index (κ1) is 12.4. The van der Waals surface area contributed by atoms with E-state index in [1.54, 1.807) is 0 Å². The maximum Gasteiger partial charge on any atom is 0.246 e.